The van der Waals surface area contributed by atoms with Crippen LogP contribution in [0.2, 0.25) is 0 Å². The van der Waals surface area contributed by atoms with Crippen molar-refractivity contribution in [2.24, 2.45) is 0 Å². The summed E-state index contributed by atoms with van der Waals surface area (Å²) in [7, 11) is -2.55. The van der Waals surface area contributed by atoms with Crippen LogP contribution in [0.4, 0.5) is 5.69 Å². The molecule has 0 saturated heterocycles. The molecule has 0 fully saturated rings. The Kier molecular flexibility index (Phi) is 11.6. The van der Waals surface area contributed by atoms with Crippen molar-refractivity contribution < 1.29 is 22.7 Å². The summed E-state index contributed by atoms with van der Waals surface area (Å²) in [5, 5.41) is 2.99. The van der Waals surface area contributed by atoms with Crippen molar-refractivity contribution >= 4 is 27.5 Å². The molecular formula is C33H43N3O5S. The zero-order valence-corrected chi connectivity index (χ0v) is 26.2. The second kappa shape index (κ2) is 14.9. The molecule has 8 nitrogen and oxygen atoms in total. The van der Waals surface area contributed by atoms with Crippen LogP contribution in [0, 0.1) is 0 Å². The lowest BCUT2D eigenvalue weighted by atomic mass is 10.0. The minimum Gasteiger partial charge on any atom is -0.497 e. The van der Waals surface area contributed by atoms with Gasteiger partial charge >= 0.3 is 0 Å². The Labute approximate surface area is 250 Å². The lowest BCUT2D eigenvalue weighted by molar-refractivity contribution is -0.140. The molecule has 0 aliphatic carbocycles. The van der Waals surface area contributed by atoms with Crippen LogP contribution in [0.3, 0.4) is 0 Å². The largest absolute Gasteiger partial charge is 0.497 e. The summed E-state index contributed by atoms with van der Waals surface area (Å²) in [6.07, 6.45) is 1.09. The summed E-state index contributed by atoms with van der Waals surface area (Å²) < 4.78 is 34.4. The summed E-state index contributed by atoms with van der Waals surface area (Å²) in [6, 6.07) is 21.7. The van der Waals surface area contributed by atoms with E-state index in [1.165, 1.54) is 17.0 Å². The quantitative estimate of drug-likeness (QED) is 0.257. The van der Waals surface area contributed by atoms with Crippen LogP contribution in [0.15, 0.2) is 83.8 Å². The van der Waals surface area contributed by atoms with Gasteiger partial charge in [0.05, 0.1) is 17.7 Å². The number of nitrogens with one attached hydrogen (secondary N) is 1. The maximum Gasteiger partial charge on any atom is 0.264 e. The number of rotatable bonds is 14. The number of sulfonamides is 1. The summed E-state index contributed by atoms with van der Waals surface area (Å²) in [6.45, 7) is 9.47. The van der Waals surface area contributed by atoms with E-state index in [0.29, 0.717) is 17.9 Å². The maximum absolute atomic E-state index is 14.2. The van der Waals surface area contributed by atoms with Gasteiger partial charge < -0.3 is 15.0 Å². The lowest BCUT2D eigenvalue weighted by Crippen LogP contribution is -2.53. The Morgan fingerprint density at radius 1 is 0.881 bits per heavy atom. The third kappa shape index (κ3) is 8.12. The van der Waals surface area contributed by atoms with Crippen LogP contribution in [-0.4, -0.2) is 50.9 Å². The first-order valence-electron chi connectivity index (χ1n) is 14.4. The number of hydrogen-bond acceptors (Lipinski definition) is 5. The predicted octanol–water partition coefficient (Wildman–Crippen LogP) is 5.74. The van der Waals surface area contributed by atoms with Gasteiger partial charge in [0.25, 0.3) is 10.0 Å². The molecule has 2 atom stereocenters. The van der Waals surface area contributed by atoms with E-state index in [1.807, 2.05) is 51.1 Å². The molecule has 0 bridgehead atoms. The molecule has 9 heteroatoms. The van der Waals surface area contributed by atoms with E-state index in [0.717, 1.165) is 21.9 Å². The Bertz CT molecular complexity index is 1430. The topological polar surface area (TPSA) is 96.0 Å². The van der Waals surface area contributed by atoms with Crippen molar-refractivity contribution in [1.82, 2.24) is 10.2 Å². The number of benzene rings is 3. The molecule has 0 radical (unpaired) electrons. The van der Waals surface area contributed by atoms with E-state index in [9.17, 15) is 18.0 Å². The molecule has 3 aromatic rings. The first-order valence-corrected chi connectivity index (χ1v) is 15.9. The molecule has 226 valence electrons. The van der Waals surface area contributed by atoms with Gasteiger partial charge in [-0.25, -0.2) is 8.42 Å². The fourth-order valence-corrected chi connectivity index (χ4v) is 6.04. The fourth-order valence-electron chi connectivity index (χ4n) is 4.60. The van der Waals surface area contributed by atoms with Crippen molar-refractivity contribution in [3.05, 3.63) is 90.0 Å². The number of hydrogen-bond donors (Lipinski definition) is 1. The number of anilines is 1. The average molecular weight is 594 g/mol. The number of methoxy groups -OCH3 is 1. The van der Waals surface area contributed by atoms with E-state index in [4.69, 9.17) is 4.74 Å². The zero-order chi connectivity index (χ0) is 30.9. The third-order valence-corrected chi connectivity index (χ3v) is 9.12. The monoisotopic (exact) mass is 593 g/mol. The van der Waals surface area contributed by atoms with E-state index in [-0.39, 0.29) is 29.3 Å². The maximum atomic E-state index is 14.2. The highest BCUT2D eigenvalue weighted by molar-refractivity contribution is 7.92. The second-order valence-corrected chi connectivity index (χ2v) is 12.5. The van der Waals surface area contributed by atoms with Crippen molar-refractivity contribution in [2.45, 2.75) is 76.9 Å². The van der Waals surface area contributed by atoms with Gasteiger partial charge in [-0.3, -0.25) is 13.9 Å². The van der Waals surface area contributed by atoms with Gasteiger partial charge in [-0.1, -0.05) is 70.2 Å². The molecule has 42 heavy (non-hydrogen) atoms. The fraction of sp³-hybridized carbons (Fsp3) is 0.394. The highest BCUT2D eigenvalue weighted by Crippen LogP contribution is 2.27. The number of ether oxygens (including phenoxy) is 1. The molecule has 0 heterocycles. The van der Waals surface area contributed by atoms with Crippen LogP contribution >= 0.6 is 0 Å². The van der Waals surface area contributed by atoms with Gasteiger partial charge in [0.2, 0.25) is 11.8 Å². The van der Waals surface area contributed by atoms with Crippen LogP contribution in [0.1, 0.15) is 64.5 Å². The summed E-state index contributed by atoms with van der Waals surface area (Å²) >= 11 is 0. The van der Waals surface area contributed by atoms with E-state index < -0.39 is 28.5 Å². The number of carbonyl (C=O) groups excluding carboxylic acids is 2. The molecule has 2 amide bonds. The van der Waals surface area contributed by atoms with Crippen LogP contribution in [0.5, 0.6) is 5.75 Å². The second-order valence-electron chi connectivity index (χ2n) is 10.7. The van der Waals surface area contributed by atoms with Gasteiger partial charge in [0.1, 0.15) is 18.3 Å². The molecule has 1 N–H and O–H groups in total. The average Bonchev–Trinajstić information content (AvgIpc) is 3.00. The highest BCUT2D eigenvalue weighted by atomic mass is 32.2. The summed E-state index contributed by atoms with van der Waals surface area (Å²) in [5.74, 6) is 0.112. The van der Waals surface area contributed by atoms with E-state index >= 15 is 0 Å². The van der Waals surface area contributed by atoms with Gasteiger partial charge in [0, 0.05) is 12.6 Å². The van der Waals surface area contributed by atoms with Gasteiger partial charge in [-0.15, -0.1) is 0 Å². The van der Waals surface area contributed by atoms with Crippen LogP contribution < -0.4 is 14.4 Å². The third-order valence-electron chi connectivity index (χ3n) is 7.33. The number of carbonyl (C=O) groups is 2. The lowest BCUT2D eigenvalue weighted by Gasteiger charge is -2.33. The molecule has 2 unspecified atom stereocenters. The molecule has 0 aliphatic heterocycles. The Balaban J connectivity index is 2.07. The molecule has 0 saturated carbocycles. The highest BCUT2D eigenvalue weighted by Gasteiger charge is 2.34. The summed E-state index contributed by atoms with van der Waals surface area (Å²) in [4.78, 5) is 29.2. The molecule has 0 aliphatic rings. The summed E-state index contributed by atoms with van der Waals surface area (Å²) in [5.41, 5.74) is 2.18. The minimum absolute atomic E-state index is 0.0743. The Hall–Kier alpha value is -3.85. The SMILES string of the molecule is CCC(C)NC(=O)C(CC)N(Cc1cccc(OC)c1)C(=O)CN(c1ccc(C(C)C)cc1)S(=O)(=O)c1ccccc1. The first-order chi connectivity index (χ1) is 20.0. The Morgan fingerprint density at radius 2 is 1.55 bits per heavy atom. The smallest absolute Gasteiger partial charge is 0.264 e. The van der Waals surface area contributed by atoms with E-state index in [2.05, 4.69) is 19.2 Å². The van der Waals surface area contributed by atoms with Crippen LogP contribution in [-0.2, 0) is 26.2 Å². The molecular weight excluding hydrogens is 550 g/mol. The molecule has 0 aromatic heterocycles. The van der Waals surface area contributed by atoms with Crippen molar-refractivity contribution in [2.75, 3.05) is 18.0 Å². The van der Waals surface area contributed by atoms with E-state index in [1.54, 1.807) is 43.5 Å². The first kappa shape index (κ1) is 32.7. The van der Waals surface area contributed by atoms with Crippen LogP contribution in [0.25, 0.3) is 0 Å². The Morgan fingerprint density at radius 3 is 2.12 bits per heavy atom. The van der Waals surface area contributed by atoms with Crippen molar-refractivity contribution in [3.63, 3.8) is 0 Å². The standard InChI is InChI=1S/C33H43N3O5S/c1-7-25(5)34-33(38)31(8-2)35(22-26-13-12-14-29(21-26)41-6)32(37)23-36(28-19-17-27(18-20-28)24(3)4)42(39,40)30-15-10-9-11-16-30/h9-21,24-25,31H,7-8,22-23H2,1-6H3,(H,34,38). The van der Waals surface area contributed by atoms with Gasteiger partial charge in [-0.05, 0) is 73.2 Å². The molecule has 3 aromatic carbocycles. The molecule has 0 spiro atoms. The molecule has 3 rings (SSSR count). The zero-order valence-electron chi connectivity index (χ0n) is 25.4. The number of amides is 2. The van der Waals surface area contributed by atoms with Crippen molar-refractivity contribution in [1.29, 1.82) is 0 Å². The predicted molar refractivity (Wildman–Crippen MR) is 167 cm³/mol. The minimum atomic E-state index is -4.11. The van der Waals surface area contributed by atoms with Gasteiger partial charge in [-0.2, -0.15) is 0 Å². The number of nitrogens with zero attached hydrogens (tertiary/aromatic N) is 2. The van der Waals surface area contributed by atoms with Gasteiger partial charge in [0.15, 0.2) is 0 Å². The van der Waals surface area contributed by atoms with Crippen molar-refractivity contribution in [3.8, 4) is 5.75 Å². The normalized spacial score (nSPS) is 12.8.